The summed E-state index contributed by atoms with van der Waals surface area (Å²) < 4.78 is 23.9. The van der Waals surface area contributed by atoms with Crippen molar-refractivity contribution in [1.29, 1.82) is 0 Å². The van der Waals surface area contributed by atoms with Crippen LogP contribution in [0.4, 0.5) is 0 Å². The molecule has 0 fully saturated rings. The van der Waals surface area contributed by atoms with Gasteiger partial charge in [0.15, 0.2) is 0 Å². The second kappa shape index (κ2) is 7.67. The number of para-hydroxylation sites is 1. The molecule has 0 spiro atoms. The van der Waals surface area contributed by atoms with E-state index < -0.39 is 0 Å². The lowest BCUT2D eigenvalue weighted by atomic mass is 10.0. The number of benzene rings is 3. The van der Waals surface area contributed by atoms with Crippen molar-refractivity contribution in [3.05, 3.63) is 115 Å². The van der Waals surface area contributed by atoms with Gasteiger partial charge in [-0.15, -0.1) is 0 Å². The van der Waals surface area contributed by atoms with Gasteiger partial charge >= 0.3 is 0 Å². The highest BCUT2D eigenvalue weighted by molar-refractivity contribution is 6.10. The SMILES string of the molecule is [2H]c1cnc(-n2c3ccccc3c3ccc(-c4cccc(Oc5ccccn5)c4)cc32)cc1[2H]. The largest absolute Gasteiger partial charge is 0.439 e. The molecule has 0 bridgehead atoms. The topological polar surface area (TPSA) is 39.9 Å². The fourth-order valence-electron chi connectivity index (χ4n) is 4.07. The van der Waals surface area contributed by atoms with Crippen LogP contribution in [0.15, 0.2) is 115 Å². The highest BCUT2D eigenvalue weighted by Gasteiger charge is 2.13. The third-order valence-corrected chi connectivity index (χ3v) is 5.48. The second-order valence-corrected chi connectivity index (χ2v) is 7.43. The van der Waals surface area contributed by atoms with E-state index in [9.17, 15) is 0 Å². The summed E-state index contributed by atoms with van der Waals surface area (Å²) in [5, 5.41) is 2.21. The lowest BCUT2D eigenvalue weighted by molar-refractivity contribution is 0.463. The van der Waals surface area contributed by atoms with Crippen molar-refractivity contribution in [2.24, 2.45) is 0 Å². The fourth-order valence-corrected chi connectivity index (χ4v) is 4.07. The molecule has 4 heteroatoms. The van der Waals surface area contributed by atoms with Gasteiger partial charge in [0.2, 0.25) is 5.88 Å². The zero-order chi connectivity index (χ0) is 23.1. The van der Waals surface area contributed by atoms with Gasteiger partial charge in [-0.25, -0.2) is 9.97 Å². The molecule has 6 aromatic rings. The monoisotopic (exact) mass is 415 g/mol. The first-order chi connectivity index (χ1) is 16.7. The number of aromatic nitrogens is 3. The first kappa shape index (κ1) is 16.3. The number of pyridine rings is 2. The normalized spacial score (nSPS) is 12.0. The third-order valence-electron chi connectivity index (χ3n) is 5.48. The lowest BCUT2D eigenvalue weighted by Crippen LogP contribution is -1.96. The van der Waals surface area contributed by atoms with Crippen molar-refractivity contribution in [3.63, 3.8) is 0 Å². The number of fused-ring (bicyclic) bond motifs is 3. The molecule has 0 amide bonds. The van der Waals surface area contributed by atoms with Crippen LogP contribution in [-0.4, -0.2) is 14.5 Å². The van der Waals surface area contributed by atoms with E-state index in [1.54, 1.807) is 12.3 Å². The maximum atomic E-state index is 8.11. The van der Waals surface area contributed by atoms with E-state index in [2.05, 4.69) is 50.9 Å². The summed E-state index contributed by atoms with van der Waals surface area (Å²) in [5.41, 5.74) is 4.04. The first-order valence-corrected chi connectivity index (χ1v) is 10.3. The second-order valence-electron chi connectivity index (χ2n) is 7.43. The van der Waals surface area contributed by atoms with Gasteiger partial charge in [0.25, 0.3) is 0 Å². The number of hydrogen-bond acceptors (Lipinski definition) is 3. The molecule has 3 aromatic heterocycles. The van der Waals surface area contributed by atoms with Crippen LogP contribution in [0.5, 0.6) is 11.6 Å². The summed E-state index contributed by atoms with van der Waals surface area (Å²) in [6.07, 6.45) is 3.13. The van der Waals surface area contributed by atoms with Crippen molar-refractivity contribution < 1.29 is 7.48 Å². The smallest absolute Gasteiger partial charge is 0.219 e. The van der Waals surface area contributed by atoms with Crippen LogP contribution in [0.25, 0.3) is 38.8 Å². The summed E-state index contributed by atoms with van der Waals surface area (Å²) in [4.78, 5) is 8.71. The summed E-state index contributed by atoms with van der Waals surface area (Å²) in [6, 6.07) is 29.9. The summed E-state index contributed by atoms with van der Waals surface area (Å²) in [5.74, 6) is 1.88. The Morgan fingerprint density at radius 3 is 2.44 bits per heavy atom. The van der Waals surface area contributed by atoms with Crippen LogP contribution in [0, 0.1) is 0 Å². The Morgan fingerprint density at radius 2 is 1.53 bits per heavy atom. The number of ether oxygens (including phenoxy) is 1. The molecule has 3 aromatic carbocycles. The Labute approximate surface area is 188 Å². The molecule has 0 atom stereocenters. The average Bonchev–Trinajstić information content (AvgIpc) is 3.20. The van der Waals surface area contributed by atoms with Crippen molar-refractivity contribution in [2.45, 2.75) is 0 Å². The molecular weight excluding hydrogens is 394 g/mol. The maximum Gasteiger partial charge on any atom is 0.219 e. The van der Waals surface area contributed by atoms with Crippen molar-refractivity contribution in [3.8, 4) is 28.6 Å². The molecule has 0 unspecified atom stereocenters. The fraction of sp³-hybridized carbons (Fsp3) is 0. The molecule has 0 saturated heterocycles. The highest BCUT2D eigenvalue weighted by Crippen LogP contribution is 2.35. The number of hydrogen-bond donors (Lipinski definition) is 0. The van der Waals surface area contributed by atoms with E-state index in [1.165, 1.54) is 6.20 Å². The first-order valence-electron chi connectivity index (χ1n) is 11.3. The molecule has 4 nitrogen and oxygen atoms in total. The minimum Gasteiger partial charge on any atom is -0.439 e. The molecule has 0 aliphatic heterocycles. The van der Waals surface area contributed by atoms with Gasteiger partial charge in [-0.05, 0) is 53.6 Å². The molecule has 0 radical (unpaired) electrons. The van der Waals surface area contributed by atoms with Crippen LogP contribution in [-0.2, 0) is 0 Å². The van der Waals surface area contributed by atoms with E-state index >= 15 is 0 Å². The molecule has 6 rings (SSSR count). The molecule has 0 N–H and O–H groups in total. The molecule has 32 heavy (non-hydrogen) atoms. The molecular formula is C28H19N3O. The van der Waals surface area contributed by atoms with Gasteiger partial charge in [0, 0.05) is 29.2 Å². The Balaban J connectivity index is 1.51. The van der Waals surface area contributed by atoms with Crippen molar-refractivity contribution in [1.82, 2.24) is 14.5 Å². The number of rotatable bonds is 4. The lowest BCUT2D eigenvalue weighted by Gasteiger charge is -2.09. The van der Waals surface area contributed by atoms with Crippen LogP contribution >= 0.6 is 0 Å². The Kier molecular flexibility index (Phi) is 3.90. The zero-order valence-corrected chi connectivity index (χ0v) is 17.1. The standard InChI is InChI=1S/C28H19N3O/c1-2-11-25-23(10-1)24-15-14-21(19-26(24)31(25)27-12-3-5-16-29-27)20-8-7-9-22(18-20)32-28-13-4-6-17-30-28/h1-19H/i3D,5D. The average molecular weight is 415 g/mol. The van der Waals surface area contributed by atoms with Crippen LogP contribution in [0.3, 0.4) is 0 Å². The Bertz CT molecular complexity index is 1660. The van der Waals surface area contributed by atoms with Gasteiger partial charge in [0.05, 0.1) is 13.8 Å². The predicted molar refractivity (Wildman–Crippen MR) is 128 cm³/mol. The van der Waals surface area contributed by atoms with E-state index in [0.29, 0.717) is 17.4 Å². The van der Waals surface area contributed by atoms with Gasteiger partial charge in [-0.2, -0.15) is 0 Å². The zero-order valence-electron chi connectivity index (χ0n) is 19.1. The number of nitrogens with zero attached hydrogens (tertiary/aromatic N) is 3. The van der Waals surface area contributed by atoms with Gasteiger partial charge < -0.3 is 4.74 Å². The Hall–Kier alpha value is -4.44. The minimum absolute atomic E-state index is 0.106. The summed E-state index contributed by atoms with van der Waals surface area (Å²) in [7, 11) is 0. The van der Waals surface area contributed by atoms with E-state index in [-0.39, 0.29) is 12.1 Å². The third kappa shape index (κ3) is 3.19. The minimum atomic E-state index is 0.106. The summed E-state index contributed by atoms with van der Waals surface area (Å²) in [6.45, 7) is 0. The van der Waals surface area contributed by atoms with E-state index in [1.807, 2.05) is 48.5 Å². The van der Waals surface area contributed by atoms with Gasteiger partial charge in [-0.3, -0.25) is 4.57 Å². The van der Waals surface area contributed by atoms with Crippen LogP contribution < -0.4 is 4.74 Å². The molecule has 152 valence electrons. The molecule has 0 aliphatic carbocycles. The van der Waals surface area contributed by atoms with Gasteiger partial charge in [0.1, 0.15) is 11.6 Å². The highest BCUT2D eigenvalue weighted by atomic mass is 16.5. The predicted octanol–water partition coefficient (Wildman–Crippen LogP) is 7.03. The Morgan fingerprint density at radius 1 is 0.656 bits per heavy atom. The van der Waals surface area contributed by atoms with Crippen molar-refractivity contribution >= 4 is 21.8 Å². The molecule has 3 heterocycles. The van der Waals surface area contributed by atoms with Gasteiger partial charge in [-0.1, -0.05) is 54.6 Å². The maximum absolute atomic E-state index is 8.11. The summed E-state index contributed by atoms with van der Waals surface area (Å²) >= 11 is 0. The molecule has 0 aliphatic rings. The van der Waals surface area contributed by atoms with E-state index in [4.69, 9.17) is 7.48 Å². The molecule has 0 saturated carbocycles. The quantitative estimate of drug-likeness (QED) is 0.310. The van der Waals surface area contributed by atoms with Crippen molar-refractivity contribution in [2.75, 3.05) is 0 Å². The van der Waals surface area contributed by atoms with Crippen LogP contribution in [0.2, 0.25) is 0 Å². The van der Waals surface area contributed by atoms with E-state index in [0.717, 1.165) is 32.9 Å². The van der Waals surface area contributed by atoms with Crippen LogP contribution in [0.1, 0.15) is 2.74 Å².